The van der Waals surface area contributed by atoms with Gasteiger partial charge in [0.05, 0.1) is 5.41 Å². The molecule has 0 saturated carbocycles. The lowest BCUT2D eigenvalue weighted by Gasteiger charge is -2.37. The van der Waals surface area contributed by atoms with Crippen LogP contribution in [0.5, 0.6) is 0 Å². The van der Waals surface area contributed by atoms with Crippen LogP contribution in [0.15, 0.2) is 48.5 Å². The van der Waals surface area contributed by atoms with Gasteiger partial charge in [-0.15, -0.1) is 0 Å². The van der Waals surface area contributed by atoms with Crippen LogP contribution in [-0.2, 0) is 9.59 Å². The number of nitrogens with zero attached hydrogens (tertiary/aromatic N) is 2. The highest BCUT2D eigenvalue weighted by molar-refractivity contribution is 6.30. The van der Waals surface area contributed by atoms with E-state index < -0.39 is 22.9 Å². The van der Waals surface area contributed by atoms with E-state index in [1.807, 2.05) is 55.5 Å². The van der Waals surface area contributed by atoms with E-state index in [1.165, 1.54) is 0 Å². The zero-order valence-corrected chi connectivity index (χ0v) is 20.7. The zero-order valence-electron chi connectivity index (χ0n) is 19.2. The minimum atomic E-state index is -1.07. The van der Waals surface area contributed by atoms with E-state index in [1.54, 1.807) is 0 Å². The van der Waals surface area contributed by atoms with Crippen LogP contribution in [0.4, 0.5) is 11.4 Å². The van der Waals surface area contributed by atoms with Crippen molar-refractivity contribution < 1.29 is 19.8 Å². The van der Waals surface area contributed by atoms with Crippen molar-refractivity contribution in [1.29, 1.82) is 0 Å². The van der Waals surface area contributed by atoms with Crippen LogP contribution in [0.1, 0.15) is 32.6 Å². The molecular weight excluding hydrogens is 477 g/mol. The van der Waals surface area contributed by atoms with Gasteiger partial charge in [0.25, 0.3) is 0 Å². The first kappa shape index (κ1) is 26.1. The Bertz CT molecular complexity index is 901. The molecule has 2 aliphatic rings. The van der Waals surface area contributed by atoms with Crippen molar-refractivity contribution >= 4 is 46.5 Å². The second-order valence-corrected chi connectivity index (χ2v) is 10.1. The van der Waals surface area contributed by atoms with Crippen molar-refractivity contribution in [3.63, 3.8) is 0 Å². The summed E-state index contributed by atoms with van der Waals surface area (Å²) in [6, 6.07) is 15.2. The van der Waals surface area contributed by atoms with Crippen molar-refractivity contribution in [2.45, 2.75) is 38.1 Å². The monoisotopic (exact) mass is 507 g/mol. The number of anilines is 2. The highest BCUT2D eigenvalue weighted by Crippen LogP contribution is 2.33. The van der Waals surface area contributed by atoms with Gasteiger partial charge in [-0.2, -0.15) is 0 Å². The Morgan fingerprint density at radius 3 is 1.41 bits per heavy atom. The molecule has 0 aliphatic carbocycles. The van der Waals surface area contributed by atoms with Gasteiger partial charge in [0.2, 0.25) is 0 Å². The van der Waals surface area contributed by atoms with Gasteiger partial charge in [0.15, 0.2) is 0 Å². The van der Waals surface area contributed by atoms with E-state index >= 15 is 0 Å². The van der Waals surface area contributed by atoms with E-state index in [4.69, 9.17) is 39.1 Å². The average molecular weight is 508 g/mol. The van der Waals surface area contributed by atoms with Crippen LogP contribution in [-0.4, -0.2) is 53.9 Å². The lowest BCUT2D eigenvalue weighted by Crippen LogP contribution is -2.55. The highest BCUT2D eigenvalue weighted by Gasteiger charge is 2.38. The van der Waals surface area contributed by atoms with Crippen LogP contribution in [0.3, 0.4) is 0 Å². The topological polar surface area (TPSA) is 107 Å². The number of carbonyl (C=O) groups is 2. The second-order valence-electron chi connectivity index (χ2n) is 9.25. The lowest BCUT2D eigenvalue weighted by molar-refractivity contribution is -0.149. The normalized spacial score (nSPS) is 19.1. The Labute approximate surface area is 210 Å². The smallest absolute Gasteiger partial charge is 0.323 e. The molecule has 2 heterocycles. The predicted molar refractivity (Wildman–Crippen MR) is 136 cm³/mol. The molecule has 4 N–H and O–H groups in total. The summed E-state index contributed by atoms with van der Waals surface area (Å²) in [5, 5.41) is 19.6. The van der Waals surface area contributed by atoms with E-state index in [-0.39, 0.29) is 0 Å². The van der Waals surface area contributed by atoms with Crippen molar-refractivity contribution in [2.24, 2.45) is 11.1 Å². The predicted octanol–water partition coefficient (Wildman–Crippen LogP) is 4.75. The van der Waals surface area contributed by atoms with Gasteiger partial charge in [0.1, 0.15) is 5.54 Å². The molecule has 2 aliphatic heterocycles. The van der Waals surface area contributed by atoms with Crippen LogP contribution < -0.4 is 15.5 Å². The third-order valence-corrected chi connectivity index (χ3v) is 7.35. The number of hydrogen-bond donors (Lipinski definition) is 3. The fraction of sp³-hybridized carbons (Fsp3) is 0.440. The van der Waals surface area contributed by atoms with Crippen molar-refractivity contribution in [2.75, 3.05) is 36.0 Å². The maximum absolute atomic E-state index is 11.1. The molecule has 0 amide bonds. The third-order valence-electron chi connectivity index (χ3n) is 6.85. The van der Waals surface area contributed by atoms with Gasteiger partial charge < -0.3 is 25.7 Å². The number of halogens is 2. The summed E-state index contributed by atoms with van der Waals surface area (Å²) >= 11 is 11.7. The van der Waals surface area contributed by atoms with Crippen molar-refractivity contribution in [1.82, 2.24) is 0 Å². The fourth-order valence-corrected chi connectivity index (χ4v) is 4.41. The average Bonchev–Trinajstić information content (AvgIpc) is 2.82. The molecule has 0 bridgehead atoms. The first-order chi connectivity index (χ1) is 16.0. The molecule has 2 aromatic carbocycles. The Balaban J connectivity index is 0.000000191. The number of piperidine rings is 2. The number of benzene rings is 2. The molecule has 0 unspecified atom stereocenters. The Kier molecular flexibility index (Phi) is 8.34. The molecule has 184 valence electrons. The molecule has 0 radical (unpaired) electrons. The summed E-state index contributed by atoms with van der Waals surface area (Å²) in [4.78, 5) is 26.5. The second kappa shape index (κ2) is 10.8. The number of aliphatic carboxylic acids is 2. The Morgan fingerprint density at radius 2 is 1.09 bits per heavy atom. The highest BCUT2D eigenvalue weighted by atomic mass is 35.5. The summed E-state index contributed by atoms with van der Waals surface area (Å²) in [6.07, 6.45) is 2.30. The number of nitrogens with two attached hydrogens (primary N) is 1. The summed E-state index contributed by atoms with van der Waals surface area (Å²) in [5.41, 5.74) is 6.36. The summed E-state index contributed by atoms with van der Waals surface area (Å²) in [7, 11) is 0. The maximum Gasteiger partial charge on any atom is 0.323 e. The molecule has 0 atom stereocenters. The Morgan fingerprint density at radius 1 is 0.735 bits per heavy atom. The van der Waals surface area contributed by atoms with Gasteiger partial charge in [0, 0.05) is 47.6 Å². The standard InChI is InChI=1S/C13H16ClNO2.C12H15ClN2O2/c1-13(12(16)17)6-8-15(9-7-13)11-4-2-10(14)3-5-11;13-9-1-3-10(4-2-9)15-7-5-12(14,6-8-15)11(16)17/h2-5H,6-9H2,1H3,(H,16,17);1-4H,5-8,14H2,(H,16,17). The molecule has 2 saturated heterocycles. The van der Waals surface area contributed by atoms with Gasteiger partial charge in [-0.25, -0.2) is 0 Å². The third kappa shape index (κ3) is 6.34. The minimum Gasteiger partial charge on any atom is -0.481 e. The molecule has 9 heteroatoms. The first-order valence-corrected chi connectivity index (χ1v) is 12.0. The molecule has 0 aromatic heterocycles. The number of carboxylic acids is 2. The zero-order chi connectivity index (χ0) is 24.9. The van der Waals surface area contributed by atoms with E-state index in [9.17, 15) is 9.59 Å². The number of hydrogen-bond acceptors (Lipinski definition) is 5. The van der Waals surface area contributed by atoms with Crippen LogP contribution in [0.25, 0.3) is 0 Å². The molecule has 7 nitrogen and oxygen atoms in total. The summed E-state index contributed by atoms with van der Waals surface area (Å²) < 4.78 is 0. The van der Waals surface area contributed by atoms with Gasteiger partial charge >= 0.3 is 11.9 Å². The minimum absolute atomic E-state index is 0.463. The lowest BCUT2D eigenvalue weighted by atomic mass is 9.80. The first-order valence-electron chi connectivity index (χ1n) is 11.3. The fourth-order valence-electron chi connectivity index (χ4n) is 4.15. The van der Waals surface area contributed by atoms with E-state index in [0.717, 1.165) is 29.5 Å². The SMILES string of the molecule is CC1(C(=O)O)CCN(c2ccc(Cl)cc2)CC1.NC1(C(=O)O)CCN(c2ccc(Cl)cc2)CC1. The number of carboxylic acid groups (broad SMARTS) is 2. The molecule has 4 rings (SSSR count). The quantitative estimate of drug-likeness (QED) is 0.547. The summed E-state index contributed by atoms with van der Waals surface area (Å²) in [5.74, 6) is -1.60. The molecule has 2 aromatic rings. The molecule has 0 spiro atoms. The number of rotatable bonds is 4. The van der Waals surface area contributed by atoms with Crippen LogP contribution in [0, 0.1) is 5.41 Å². The van der Waals surface area contributed by atoms with Crippen LogP contribution >= 0.6 is 23.2 Å². The summed E-state index contributed by atoms with van der Waals surface area (Å²) in [6.45, 7) is 4.71. The molecule has 2 fully saturated rings. The van der Waals surface area contributed by atoms with Crippen LogP contribution in [0.2, 0.25) is 10.0 Å². The van der Waals surface area contributed by atoms with Crippen molar-refractivity contribution in [3.05, 3.63) is 58.6 Å². The van der Waals surface area contributed by atoms with Gasteiger partial charge in [-0.05, 0) is 81.1 Å². The van der Waals surface area contributed by atoms with Gasteiger partial charge in [-0.1, -0.05) is 23.2 Å². The maximum atomic E-state index is 11.1. The van der Waals surface area contributed by atoms with Crippen molar-refractivity contribution in [3.8, 4) is 0 Å². The van der Waals surface area contributed by atoms with E-state index in [2.05, 4.69) is 9.80 Å². The molecule has 34 heavy (non-hydrogen) atoms. The van der Waals surface area contributed by atoms with Gasteiger partial charge in [-0.3, -0.25) is 9.59 Å². The molecular formula is C25H31Cl2N3O4. The largest absolute Gasteiger partial charge is 0.481 e. The Hall–Kier alpha value is -2.48. The van der Waals surface area contributed by atoms with E-state index in [0.29, 0.717) is 43.8 Å².